The Labute approximate surface area is 123 Å². The van der Waals surface area contributed by atoms with Gasteiger partial charge in [0.2, 0.25) is 5.91 Å². The summed E-state index contributed by atoms with van der Waals surface area (Å²) in [5, 5.41) is 2.40. The molecule has 0 fully saturated rings. The predicted octanol–water partition coefficient (Wildman–Crippen LogP) is 1.10. The van der Waals surface area contributed by atoms with Crippen LogP contribution in [-0.2, 0) is 4.79 Å². The average Bonchev–Trinajstić information content (AvgIpc) is 2.88. The maximum absolute atomic E-state index is 12.2. The van der Waals surface area contributed by atoms with E-state index < -0.39 is 0 Å². The van der Waals surface area contributed by atoms with Crippen LogP contribution in [0.3, 0.4) is 0 Å². The van der Waals surface area contributed by atoms with Crippen molar-refractivity contribution >= 4 is 23.2 Å². The lowest BCUT2D eigenvalue weighted by atomic mass is 10.3. The summed E-state index contributed by atoms with van der Waals surface area (Å²) in [5.74, 6) is -0.317. The highest BCUT2D eigenvalue weighted by Crippen LogP contribution is 2.16. The number of hydrogen-bond acceptors (Lipinski definition) is 5. The molecule has 7 heteroatoms. The maximum Gasteiger partial charge on any atom is 0.273 e. The minimum absolute atomic E-state index is 0.0611. The van der Waals surface area contributed by atoms with E-state index in [1.165, 1.54) is 16.2 Å². The lowest BCUT2D eigenvalue weighted by Gasteiger charge is -2.22. The van der Waals surface area contributed by atoms with Crippen molar-refractivity contribution in [2.75, 3.05) is 26.7 Å². The summed E-state index contributed by atoms with van der Waals surface area (Å²) in [6, 6.07) is -0.191. The molecule has 112 valence electrons. The second kappa shape index (κ2) is 7.35. The van der Waals surface area contributed by atoms with Crippen molar-refractivity contribution in [3.63, 3.8) is 0 Å². The molecule has 1 aromatic rings. The van der Waals surface area contributed by atoms with Gasteiger partial charge < -0.3 is 15.5 Å². The van der Waals surface area contributed by atoms with Crippen LogP contribution in [0.1, 0.15) is 42.3 Å². The number of thiazole rings is 1. The van der Waals surface area contributed by atoms with Gasteiger partial charge in [-0.1, -0.05) is 0 Å². The molecule has 1 heterocycles. The zero-order valence-electron chi connectivity index (χ0n) is 12.4. The van der Waals surface area contributed by atoms with E-state index in [4.69, 9.17) is 5.73 Å². The van der Waals surface area contributed by atoms with Crippen LogP contribution >= 0.6 is 11.3 Å². The van der Waals surface area contributed by atoms with Gasteiger partial charge in [0.15, 0.2) is 0 Å². The number of carbonyl (C=O) groups excluding carboxylic acids is 2. The van der Waals surface area contributed by atoms with Crippen LogP contribution in [0, 0.1) is 0 Å². The summed E-state index contributed by atoms with van der Waals surface area (Å²) in [4.78, 5) is 31.4. The molecule has 20 heavy (non-hydrogen) atoms. The van der Waals surface area contributed by atoms with Crippen LogP contribution in [-0.4, -0.2) is 53.3 Å². The molecule has 6 nitrogen and oxygen atoms in total. The van der Waals surface area contributed by atoms with Crippen molar-refractivity contribution in [3.8, 4) is 0 Å². The molecule has 0 saturated carbocycles. The lowest BCUT2D eigenvalue weighted by Crippen LogP contribution is -2.41. The topological polar surface area (TPSA) is 79.5 Å². The second-order valence-electron chi connectivity index (χ2n) is 4.59. The Bertz CT molecular complexity index is 469. The number of rotatable bonds is 6. The number of hydrogen-bond donors (Lipinski definition) is 1. The molecule has 0 saturated heterocycles. The van der Waals surface area contributed by atoms with Gasteiger partial charge >= 0.3 is 0 Å². The summed E-state index contributed by atoms with van der Waals surface area (Å²) in [6.45, 7) is 7.00. The van der Waals surface area contributed by atoms with Gasteiger partial charge in [-0.2, -0.15) is 0 Å². The van der Waals surface area contributed by atoms with E-state index in [-0.39, 0.29) is 24.4 Å². The number of carbonyl (C=O) groups is 2. The summed E-state index contributed by atoms with van der Waals surface area (Å²) >= 11 is 1.36. The molecule has 0 radical (unpaired) electrons. The van der Waals surface area contributed by atoms with Gasteiger partial charge in [0, 0.05) is 25.5 Å². The van der Waals surface area contributed by atoms with Crippen LogP contribution in [0.5, 0.6) is 0 Å². The van der Waals surface area contributed by atoms with E-state index in [9.17, 15) is 9.59 Å². The van der Waals surface area contributed by atoms with Crippen LogP contribution in [0.15, 0.2) is 5.38 Å². The number of nitrogens with zero attached hydrogens (tertiary/aromatic N) is 3. The van der Waals surface area contributed by atoms with Gasteiger partial charge in [-0.25, -0.2) is 4.98 Å². The van der Waals surface area contributed by atoms with E-state index in [1.54, 1.807) is 17.3 Å². The maximum atomic E-state index is 12.2. The first-order valence-corrected chi connectivity index (χ1v) is 7.52. The average molecular weight is 298 g/mol. The van der Waals surface area contributed by atoms with Gasteiger partial charge in [-0.05, 0) is 20.8 Å². The van der Waals surface area contributed by atoms with Crippen molar-refractivity contribution in [3.05, 3.63) is 16.1 Å². The Balaban J connectivity index is 2.69. The van der Waals surface area contributed by atoms with Gasteiger partial charge in [0.1, 0.15) is 10.7 Å². The minimum Gasteiger partial charge on any atom is -0.342 e. The lowest BCUT2D eigenvalue weighted by molar-refractivity contribution is -0.131. The fourth-order valence-corrected chi connectivity index (χ4v) is 2.49. The molecule has 1 rings (SSSR count). The molecule has 0 bridgehead atoms. The highest BCUT2D eigenvalue weighted by Gasteiger charge is 2.20. The van der Waals surface area contributed by atoms with Gasteiger partial charge in [-0.3, -0.25) is 9.59 Å². The smallest absolute Gasteiger partial charge is 0.273 e. The molecule has 0 spiro atoms. The van der Waals surface area contributed by atoms with E-state index >= 15 is 0 Å². The molecule has 2 N–H and O–H groups in total. The molecule has 1 unspecified atom stereocenters. The quantitative estimate of drug-likeness (QED) is 0.853. The molecule has 2 amide bonds. The third-order valence-corrected chi connectivity index (χ3v) is 4.01. The summed E-state index contributed by atoms with van der Waals surface area (Å²) in [7, 11) is 1.61. The highest BCUT2D eigenvalue weighted by molar-refractivity contribution is 7.09. The van der Waals surface area contributed by atoms with Gasteiger partial charge in [0.05, 0.1) is 12.6 Å². The van der Waals surface area contributed by atoms with Crippen molar-refractivity contribution in [2.45, 2.75) is 26.8 Å². The zero-order valence-corrected chi connectivity index (χ0v) is 13.2. The zero-order chi connectivity index (χ0) is 15.3. The summed E-state index contributed by atoms with van der Waals surface area (Å²) in [6.07, 6.45) is 0. The van der Waals surface area contributed by atoms with Crippen LogP contribution in [0.25, 0.3) is 0 Å². The van der Waals surface area contributed by atoms with Crippen LogP contribution < -0.4 is 5.73 Å². The summed E-state index contributed by atoms with van der Waals surface area (Å²) in [5.41, 5.74) is 6.07. The fraction of sp³-hybridized carbons (Fsp3) is 0.615. The molecule has 1 aromatic heterocycles. The molecule has 1 atom stereocenters. The first-order chi connectivity index (χ1) is 9.40. The van der Waals surface area contributed by atoms with E-state index in [1.807, 2.05) is 20.8 Å². The van der Waals surface area contributed by atoms with Gasteiger partial charge in [-0.15, -0.1) is 11.3 Å². The predicted molar refractivity (Wildman–Crippen MR) is 79.6 cm³/mol. The second-order valence-corrected chi connectivity index (χ2v) is 5.48. The van der Waals surface area contributed by atoms with Gasteiger partial charge in [0.25, 0.3) is 5.91 Å². The van der Waals surface area contributed by atoms with E-state index in [0.29, 0.717) is 18.8 Å². The first kappa shape index (κ1) is 16.6. The monoisotopic (exact) mass is 298 g/mol. The molecule has 0 aliphatic carbocycles. The largest absolute Gasteiger partial charge is 0.342 e. The van der Waals surface area contributed by atoms with Crippen molar-refractivity contribution in [1.29, 1.82) is 0 Å². The van der Waals surface area contributed by atoms with Crippen LogP contribution in [0.2, 0.25) is 0 Å². The normalized spacial score (nSPS) is 12.1. The Morgan fingerprint density at radius 2 is 2.00 bits per heavy atom. The fourth-order valence-electron chi connectivity index (χ4n) is 1.74. The van der Waals surface area contributed by atoms with Crippen LogP contribution in [0.4, 0.5) is 0 Å². The SMILES string of the molecule is CCN(CC)C(=O)CN(C)C(=O)c1csc(C(C)N)n1. The number of amides is 2. The molecule has 0 aliphatic rings. The standard InChI is InChI=1S/C13H22N4O2S/c1-5-17(6-2)11(18)7-16(4)13(19)10-8-20-12(15-10)9(3)14/h8-9H,5-7,14H2,1-4H3. The Hall–Kier alpha value is -1.47. The molecule has 0 aliphatic heterocycles. The number of aromatic nitrogens is 1. The molecular formula is C13H22N4O2S. The summed E-state index contributed by atoms with van der Waals surface area (Å²) < 4.78 is 0. The molecular weight excluding hydrogens is 276 g/mol. The third-order valence-electron chi connectivity index (χ3n) is 2.97. The minimum atomic E-state index is -0.256. The van der Waals surface area contributed by atoms with Crippen molar-refractivity contribution in [1.82, 2.24) is 14.8 Å². The number of nitrogens with two attached hydrogens (primary N) is 1. The molecule has 0 aromatic carbocycles. The van der Waals surface area contributed by atoms with E-state index in [2.05, 4.69) is 4.98 Å². The third kappa shape index (κ3) is 4.01. The number of likely N-dealkylation sites (N-methyl/N-ethyl adjacent to an activating group) is 2. The Morgan fingerprint density at radius 3 is 2.45 bits per heavy atom. The van der Waals surface area contributed by atoms with E-state index in [0.717, 1.165) is 5.01 Å². The van der Waals surface area contributed by atoms with Crippen molar-refractivity contribution < 1.29 is 9.59 Å². The Kier molecular flexibility index (Phi) is 6.09. The Morgan fingerprint density at radius 1 is 1.40 bits per heavy atom. The highest BCUT2D eigenvalue weighted by atomic mass is 32.1. The van der Waals surface area contributed by atoms with Crippen molar-refractivity contribution in [2.24, 2.45) is 5.73 Å². The first-order valence-electron chi connectivity index (χ1n) is 6.64.